The van der Waals surface area contributed by atoms with Crippen molar-refractivity contribution in [2.24, 2.45) is 0 Å². The van der Waals surface area contributed by atoms with Crippen LogP contribution in [-0.2, 0) is 0 Å². The van der Waals surface area contributed by atoms with Gasteiger partial charge in [-0.15, -0.1) is 0 Å². The lowest BCUT2D eigenvalue weighted by molar-refractivity contribution is 0.0989. The second kappa shape index (κ2) is 4.93. The maximum absolute atomic E-state index is 11.4. The van der Waals surface area contributed by atoms with Crippen molar-refractivity contribution in [3.8, 4) is 0 Å². The Kier molecular flexibility index (Phi) is 3.80. The highest BCUT2D eigenvalue weighted by Crippen LogP contribution is 2.04. The van der Waals surface area contributed by atoms with Crippen molar-refractivity contribution < 1.29 is 4.79 Å². The molecule has 0 N–H and O–H groups in total. The van der Waals surface area contributed by atoms with Gasteiger partial charge in [0.2, 0.25) is 0 Å². The minimum atomic E-state index is 0.201. The van der Waals surface area contributed by atoms with Gasteiger partial charge in [0.25, 0.3) is 0 Å². The third-order valence-electron chi connectivity index (χ3n) is 1.54. The Labute approximate surface area is 76.4 Å². The third kappa shape index (κ3) is 2.66. The van der Waals surface area contributed by atoms with E-state index in [1.165, 1.54) is 0 Å². The van der Waals surface area contributed by atoms with E-state index in [2.05, 4.69) is 4.98 Å². The molecule has 0 bridgehead atoms. The standard InChI is InChI=1S/C9H11NOS/c1-12-7-4-9(11)8-2-5-10-6-3-8/h2-3,5-6H,4,7H2,1H3. The third-order valence-corrected chi connectivity index (χ3v) is 2.15. The SMILES string of the molecule is CSCCC(=O)c1ccncc1. The molecule has 1 heterocycles. The summed E-state index contributed by atoms with van der Waals surface area (Å²) in [4.78, 5) is 15.2. The van der Waals surface area contributed by atoms with Crippen molar-refractivity contribution in [3.05, 3.63) is 30.1 Å². The summed E-state index contributed by atoms with van der Waals surface area (Å²) in [7, 11) is 0. The monoisotopic (exact) mass is 181 g/mol. The van der Waals surface area contributed by atoms with Gasteiger partial charge in [-0.25, -0.2) is 0 Å². The summed E-state index contributed by atoms with van der Waals surface area (Å²) in [6.07, 6.45) is 5.91. The number of carbonyl (C=O) groups is 1. The highest BCUT2D eigenvalue weighted by atomic mass is 32.2. The lowest BCUT2D eigenvalue weighted by Gasteiger charge is -1.97. The summed E-state index contributed by atoms with van der Waals surface area (Å²) in [6, 6.07) is 3.51. The van der Waals surface area contributed by atoms with Gasteiger partial charge in [0, 0.05) is 30.1 Å². The maximum atomic E-state index is 11.4. The number of ketones is 1. The Bertz CT molecular complexity index is 248. The van der Waals surface area contributed by atoms with Crippen LogP contribution >= 0.6 is 11.8 Å². The van der Waals surface area contributed by atoms with Gasteiger partial charge in [0.15, 0.2) is 5.78 Å². The first-order chi connectivity index (χ1) is 5.84. The van der Waals surface area contributed by atoms with Crippen molar-refractivity contribution in [1.29, 1.82) is 0 Å². The lowest BCUT2D eigenvalue weighted by Crippen LogP contribution is -1.99. The van der Waals surface area contributed by atoms with Gasteiger partial charge in [0.1, 0.15) is 0 Å². The zero-order chi connectivity index (χ0) is 8.81. The molecule has 1 rings (SSSR count). The molecule has 0 radical (unpaired) electrons. The molecule has 64 valence electrons. The van der Waals surface area contributed by atoms with Crippen LogP contribution in [0.5, 0.6) is 0 Å². The number of hydrogen-bond donors (Lipinski definition) is 0. The average Bonchev–Trinajstić information content (AvgIpc) is 2.15. The fourth-order valence-electron chi connectivity index (χ4n) is 0.877. The van der Waals surface area contributed by atoms with E-state index in [0.29, 0.717) is 6.42 Å². The van der Waals surface area contributed by atoms with Crippen LogP contribution in [0.15, 0.2) is 24.5 Å². The molecule has 1 aromatic rings. The van der Waals surface area contributed by atoms with Gasteiger partial charge >= 0.3 is 0 Å². The predicted molar refractivity (Wildman–Crippen MR) is 51.6 cm³/mol. The van der Waals surface area contributed by atoms with Crippen LogP contribution < -0.4 is 0 Å². The zero-order valence-corrected chi connectivity index (χ0v) is 7.80. The molecule has 0 atom stereocenters. The van der Waals surface area contributed by atoms with E-state index in [0.717, 1.165) is 11.3 Å². The van der Waals surface area contributed by atoms with E-state index >= 15 is 0 Å². The Balaban J connectivity index is 2.54. The van der Waals surface area contributed by atoms with Crippen molar-refractivity contribution >= 4 is 17.5 Å². The van der Waals surface area contributed by atoms with E-state index in [1.54, 1.807) is 36.3 Å². The number of Topliss-reactive ketones (excluding diaryl/α,β-unsaturated/α-hetero) is 1. The van der Waals surface area contributed by atoms with Gasteiger partial charge in [0.05, 0.1) is 0 Å². The molecule has 0 saturated carbocycles. The number of aromatic nitrogens is 1. The number of thioether (sulfide) groups is 1. The van der Waals surface area contributed by atoms with Crippen molar-refractivity contribution in [3.63, 3.8) is 0 Å². The van der Waals surface area contributed by atoms with E-state index in [1.807, 2.05) is 6.26 Å². The molecule has 0 unspecified atom stereocenters. The lowest BCUT2D eigenvalue weighted by atomic mass is 10.1. The van der Waals surface area contributed by atoms with E-state index in [4.69, 9.17) is 0 Å². The Hall–Kier alpha value is -0.830. The Morgan fingerprint density at radius 1 is 1.50 bits per heavy atom. The number of rotatable bonds is 4. The summed E-state index contributed by atoms with van der Waals surface area (Å²) in [6.45, 7) is 0. The van der Waals surface area contributed by atoms with E-state index < -0.39 is 0 Å². The molecule has 0 saturated heterocycles. The van der Waals surface area contributed by atoms with Gasteiger partial charge in [-0.05, 0) is 18.4 Å². The molecular weight excluding hydrogens is 170 g/mol. The molecular formula is C9H11NOS. The second-order valence-electron chi connectivity index (χ2n) is 2.40. The minimum absolute atomic E-state index is 0.201. The molecule has 0 aliphatic heterocycles. The minimum Gasteiger partial charge on any atom is -0.294 e. The first kappa shape index (κ1) is 9.26. The quantitative estimate of drug-likeness (QED) is 0.666. The first-order valence-corrected chi connectivity index (χ1v) is 5.16. The van der Waals surface area contributed by atoms with Crippen LogP contribution in [0, 0.1) is 0 Å². The van der Waals surface area contributed by atoms with Crippen LogP contribution in [-0.4, -0.2) is 22.8 Å². The van der Waals surface area contributed by atoms with Gasteiger partial charge in [-0.2, -0.15) is 11.8 Å². The predicted octanol–water partition coefficient (Wildman–Crippen LogP) is 2.02. The van der Waals surface area contributed by atoms with Crippen LogP contribution in [0.2, 0.25) is 0 Å². The largest absolute Gasteiger partial charge is 0.294 e. The van der Waals surface area contributed by atoms with Crippen LogP contribution in [0.1, 0.15) is 16.8 Å². The van der Waals surface area contributed by atoms with Gasteiger partial charge < -0.3 is 0 Å². The van der Waals surface area contributed by atoms with E-state index in [9.17, 15) is 4.79 Å². The summed E-state index contributed by atoms with van der Waals surface area (Å²) in [5, 5.41) is 0. The van der Waals surface area contributed by atoms with Crippen LogP contribution in [0.25, 0.3) is 0 Å². The molecule has 2 nitrogen and oxygen atoms in total. The first-order valence-electron chi connectivity index (χ1n) is 3.77. The molecule has 3 heteroatoms. The Morgan fingerprint density at radius 3 is 2.75 bits per heavy atom. The summed E-state index contributed by atoms with van der Waals surface area (Å²) in [5.41, 5.74) is 0.763. The molecule has 0 fully saturated rings. The maximum Gasteiger partial charge on any atom is 0.163 e. The summed E-state index contributed by atoms with van der Waals surface area (Å²) in [5.74, 6) is 1.09. The normalized spacial score (nSPS) is 9.75. The molecule has 0 aliphatic rings. The second-order valence-corrected chi connectivity index (χ2v) is 3.39. The number of pyridine rings is 1. The number of hydrogen-bond acceptors (Lipinski definition) is 3. The highest BCUT2D eigenvalue weighted by molar-refractivity contribution is 7.98. The fraction of sp³-hybridized carbons (Fsp3) is 0.333. The van der Waals surface area contributed by atoms with E-state index in [-0.39, 0.29) is 5.78 Å². The topological polar surface area (TPSA) is 30.0 Å². The van der Waals surface area contributed by atoms with Gasteiger partial charge in [-0.3, -0.25) is 9.78 Å². The van der Waals surface area contributed by atoms with Crippen LogP contribution in [0.4, 0.5) is 0 Å². The van der Waals surface area contributed by atoms with Crippen molar-refractivity contribution in [2.45, 2.75) is 6.42 Å². The molecule has 1 aromatic heterocycles. The van der Waals surface area contributed by atoms with Crippen molar-refractivity contribution in [1.82, 2.24) is 4.98 Å². The van der Waals surface area contributed by atoms with Gasteiger partial charge in [-0.1, -0.05) is 0 Å². The molecule has 0 amide bonds. The summed E-state index contributed by atoms with van der Waals surface area (Å²) >= 11 is 1.69. The van der Waals surface area contributed by atoms with Crippen LogP contribution in [0.3, 0.4) is 0 Å². The van der Waals surface area contributed by atoms with Crippen molar-refractivity contribution in [2.75, 3.05) is 12.0 Å². The number of carbonyl (C=O) groups excluding carboxylic acids is 1. The highest BCUT2D eigenvalue weighted by Gasteiger charge is 2.02. The Morgan fingerprint density at radius 2 is 2.17 bits per heavy atom. The molecule has 0 aliphatic carbocycles. The zero-order valence-electron chi connectivity index (χ0n) is 6.99. The number of nitrogens with zero attached hydrogens (tertiary/aromatic N) is 1. The molecule has 12 heavy (non-hydrogen) atoms. The fourth-order valence-corrected chi connectivity index (χ4v) is 1.27. The molecule has 0 spiro atoms. The summed E-state index contributed by atoms with van der Waals surface area (Å²) < 4.78 is 0. The average molecular weight is 181 g/mol. The molecule has 0 aromatic carbocycles. The smallest absolute Gasteiger partial charge is 0.163 e.